The van der Waals surface area contributed by atoms with Crippen LogP contribution in [0, 0.1) is 0 Å². The normalized spacial score (nSPS) is 27.1. The summed E-state index contributed by atoms with van der Waals surface area (Å²) in [4.78, 5) is 26.9. The van der Waals surface area contributed by atoms with Crippen molar-refractivity contribution in [3.63, 3.8) is 0 Å². The Morgan fingerprint density at radius 1 is 1.26 bits per heavy atom. The Labute approximate surface area is 158 Å². The monoisotopic (exact) mass is 393 g/mol. The molecule has 0 aromatic heterocycles. The van der Waals surface area contributed by atoms with Gasteiger partial charge in [0.25, 0.3) is 21.8 Å². The van der Waals surface area contributed by atoms with Gasteiger partial charge in [-0.2, -0.15) is 0 Å². The fourth-order valence-electron chi connectivity index (χ4n) is 3.94. The van der Waals surface area contributed by atoms with Crippen LogP contribution < -0.4 is 5.73 Å². The summed E-state index contributed by atoms with van der Waals surface area (Å²) in [5.41, 5.74) is 6.31. The van der Waals surface area contributed by atoms with E-state index in [2.05, 4.69) is 0 Å². The van der Waals surface area contributed by atoms with E-state index in [1.807, 2.05) is 0 Å². The molecule has 1 aromatic carbocycles. The second-order valence-corrected chi connectivity index (χ2v) is 9.17. The lowest BCUT2D eigenvalue weighted by molar-refractivity contribution is 0.0701. The Bertz CT molecular complexity index is 879. The Morgan fingerprint density at radius 2 is 2.07 bits per heavy atom. The number of piperidine rings is 1. The van der Waals surface area contributed by atoms with E-state index in [1.54, 1.807) is 4.90 Å². The Balaban J connectivity index is 1.61. The van der Waals surface area contributed by atoms with Crippen molar-refractivity contribution in [2.24, 2.45) is 5.73 Å². The first-order valence-electron chi connectivity index (χ1n) is 9.25. The average molecular weight is 393 g/mol. The molecule has 0 saturated carbocycles. The minimum Gasteiger partial charge on any atom is -0.376 e. The van der Waals surface area contributed by atoms with Crippen molar-refractivity contribution < 1.29 is 22.7 Å². The number of benzene rings is 1. The minimum absolute atomic E-state index is 0.0140. The number of hydrogen-bond acceptors (Lipinski definition) is 6. The molecule has 2 fully saturated rings. The molecule has 2 saturated heterocycles. The van der Waals surface area contributed by atoms with E-state index in [0.717, 1.165) is 30.0 Å². The minimum atomic E-state index is -3.97. The summed E-state index contributed by atoms with van der Waals surface area (Å²) in [7, 11) is -3.97. The third-order valence-electron chi connectivity index (χ3n) is 5.39. The van der Waals surface area contributed by atoms with Gasteiger partial charge in [-0.25, -0.2) is 12.7 Å². The lowest BCUT2D eigenvalue weighted by Gasteiger charge is -2.30. The number of nitrogens with two attached hydrogens (primary N) is 1. The number of amides is 2. The zero-order valence-electron chi connectivity index (χ0n) is 15.0. The number of ether oxygens (including phenoxy) is 1. The molecule has 146 valence electrons. The number of likely N-dealkylation sites (tertiary alicyclic amines) is 1. The molecule has 2 N–H and O–H groups in total. The van der Waals surface area contributed by atoms with Gasteiger partial charge in [0.05, 0.1) is 18.2 Å². The zero-order valence-corrected chi connectivity index (χ0v) is 15.8. The first-order chi connectivity index (χ1) is 12.9. The molecule has 0 radical (unpaired) electrons. The maximum absolute atomic E-state index is 12.9. The fraction of sp³-hybridized carbons (Fsp3) is 0.556. The standard InChI is InChI=1S/C18H23N3O5S/c19-13-3-1-7-20(10-13)17(22)12-5-6-15-16(9-12)27(24,25)21(18(15)23)11-14-4-2-8-26-14/h5-6,9,13-14H,1-4,7-8,10-11,19H2/t13-,14-/m1/s1. The molecular weight excluding hydrogens is 370 g/mol. The number of rotatable bonds is 3. The molecule has 2 amide bonds. The molecular formula is C18H23N3O5S. The van der Waals surface area contributed by atoms with Crippen LogP contribution in [0.1, 0.15) is 46.4 Å². The lowest BCUT2D eigenvalue weighted by Crippen LogP contribution is -2.45. The van der Waals surface area contributed by atoms with Crippen LogP contribution in [0.15, 0.2) is 23.1 Å². The third kappa shape index (κ3) is 3.24. The van der Waals surface area contributed by atoms with Gasteiger partial charge in [0.2, 0.25) is 0 Å². The van der Waals surface area contributed by atoms with Gasteiger partial charge < -0.3 is 15.4 Å². The molecule has 0 spiro atoms. The first kappa shape index (κ1) is 18.4. The van der Waals surface area contributed by atoms with E-state index in [-0.39, 0.29) is 40.6 Å². The van der Waals surface area contributed by atoms with Gasteiger partial charge in [-0.1, -0.05) is 0 Å². The number of hydrogen-bond donors (Lipinski definition) is 1. The van der Waals surface area contributed by atoms with Crippen molar-refractivity contribution in [1.82, 2.24) is 9.21 Å². The predicted octanol–water partition coefficient (Wildman–Crippen LogP) is 0.573. The van der Waals surface area contributed by atoms with Crippen molar-refractivity contribution in [1.29, 1.82) is 0 Å². The molecule has 3 aliphatic rings. The molecule has 4 rings (SSSR count). The summed E-state index contributed by atoms with van der Waals surface area (Å²) in [6.45, 7) is 1.64. The number of carbonyl (C=O) groups excluding carboxylic acids is 2. The van der Waals surface area contributed by atoms with Gasteiger partial charge in [0.15, 0.2) is 0 Å². The highest BCUT2D eigenvalue weighted by Crippen LogP contribution is 2.32. The first-order valence-corrected chi connectivity index (χ1v) is 10.7. The van der Waals surface area contributed by atoms with Crippen molar-refractivity contribution in [2.75, 3.05) is 26.2 Å². The quantitative estimate of drug-likeness (QED) is 0.804. The Kier molecular flexibility index (Phi) is 4.69. The van der Waals surface area contributed by atoms with Crippen LogP contribution in [-0.2, 0) is 14.8 Å². The zero-order chi connectivity index (χ0) is 19.2. The van der Waals surface area contributed by atoms with Crippen LogP contribution in [0.5, 0.6) is 0 Å². The highest BCUT2D eigenvalue weighted by molar-refractivity contribution is 7.90. The molecule has 0 bridgehead atoms. The molecule has 3 heterocycles. The van der Waals surface area contributed by atoms with E-state index in [4.69, 9.17) is 10.5 Å². The van der Waals surface area contributed by atoms with Crippen molar-refractivity contribution in [2.45, 2.75) is 42.7 Å². The van der Waals surface area contributed by atoms with Crippen LogP contribution in [-0.4, -0.2) is 67.8 Å². The van der Waals surface area contributed by atoms with Crippen LogP contribution >= 0.6 is 0 Å². The van der Waals surface area contributed by atoms with Crippen molar-refractivity contribution >= 4 is 21.8 Å². The topological polar surface area (TPSA) is 110 Å². The van der Waals surface area contributed by atoms with E-state index in [0.29, 0.717) is 19.7 Å². The smallest absolute Gasteiger partial charge is 0.269 e. The van der Waals surface area contributed by atoms with Gasteiger partial charge >= 0.3 is 0 Å². The van der Waals surface area contributed by atoms with Crippen molar-refractivity contribution in [3.05, 3.63) is 29.3 Å². The third-order valence-corrected chi connectivity index (χ3v) is 7.18. The van der Waals surface area contributed by atoms with Crippen LogP contribution in [0.4, 0.5) is 0 Å². The second-order valence-electron chi connectivity index (χ2n) is 7.34. The van der Waals surface area contributed by atoms with E-state index in [9.17, 15) is 18.0 Å². The molecule has 0 unspecified atom stereocenters. The molecule has 3 aliphatic heterocycles. The van der Waals surface area contributed by atoms with Gasteiger partial charge in [-0.3, -0.25) is 9.59 Å². The van der Waals surface area contributed by atoms with Gasteiger partial charge in [0, 0.05) is 31.3 Å². The fourth-order valence-corrected chi connectivity index (χ4v) is 5.56. The summed E-state index contributed by atoms with van der Waals surface area (Å²) in [5.74, 6) is -0.812. The molecule has 9 heteroatoms. The maximum atomic E-state index is 12.9. The second kappa shape index (κ2) is 6.88. The lowest BCUT2D eigenvalue weighted by atomic mass is 10.0. The summed E-state index contributed by atoms with van der Waals surface area (Å²) < 4.78 is 32.1. The van der Waals surface area contributed by atoms with Crippen LogP contribution in [0.3, 0.4) is 0 Å². The molecule has 1 aromatic rings. The van der Waals surface area contributed by atoms with Gasteiger partial charge in [0.1, 0.15) is 4.90 Å². The highest BCUT2D eigenvalue weighted by Gasteiger charge is 2.43. The molecule has 0 aliphatic carbocycles. The van der Waals surface area contributed by atoms with E-state index < -0.39 is 15.9 Å². The summed E-state index contributed by atoms with van der Waals surface area (Å²) >= 11 is 0. The van der Waals surface area contributed by atoms with E-state index in [1.165, 1.54) is 18.2 Å². The van der Waals surface area contributed by atoms with Crippen LogP contribution in [0.25, 0.3) is 0 Å². The molecule has 8 nitrogen and oxygen atoms in total. The predicted molar refractivity (Wildman–Crippen MR) is 96.8 cm³/mol. The van der Waals surface area contributed by atoms with Crippen LogP contribution in [0.2, 0.25) is 0 Å². The molecule has 27 heavy (non-hydrogen) atoms. The average Bonchev–Trinajstić information content (AvgIpc) is 3.23. The Morgan fingerprint density at radius 3 is 2.78 bits per heavy atom. The number of fused-ring (bicyclic) bond motifs is 1. The largest absolute Gasteiger partial charge is 0.376 e. The van der Waals surface area contributed by atoms with Gasteiger partial charge in [-0.15, -0.1) is 0 Å². The summed E-state index contributed by atoms with van der Waals surface area (Å²) in [6.07, 6.45) is 3.01. The number of carbonyl (C=O) groups is 2. The van der Waals surface area contributed by atoms with Gasteiger partial charge in [-0.05, 0) is 43.9 Å². The highest BCUT2D eigenvalue weighted by atomic mass is 32.2. The van der Waals surface area contributed by atoms with E-state index >= 15 is 0 Å². The SMILES string of the molecule is N[C@@H]1CCCN(C(=O)c2ccc3c(c2)S(=O)(=O)N(C[C@H]2CCCO2)C3=O)C1. The molecule has 2 atom stereocenters. The summed E-state index contributed by atoms with van der Waals surface area (Å²) in [5, 5.41) is 0. The van der Waals surface area contributed by atoms with Crippen molar-refractivity contribution in [3.8, 4) is 0 Å². The number of nitrogens with zero attached hydrogens (tertiary/aromatic N) is 2. The summed E-state index contributed by atoms with van der Waals surface area (Å²) in [6, 6.07) is 4.21. The Hall–Kier alpha value is -1.97. The maximum Gasteiger partial charge on any atom is 0.269 e. The number of sulfonamides is 1.